The van der Waals surface area contributed by atoms with Crippen molar-refractivity contribution in [2.45, 2.75) is 13.2 Å². The molecule has 1 aromatic heterocycles. The first-order chi connectivity index (χ1) is 6.25. The second kappa shape index (κ2) is 2.83. The average molecular weight is 147 g/mol. The normalized spacial score (nSPS) is 20.8. The Hall–Kier alpha value is -0.560. The largest absolute Gasteiger partial charge is 0.260 e. The maximum Gasteiger partial charge on any atom is 0.0589 e. The average Bonchev–Trinajstić information content (AvgIpc) is 2.03. The third kappa shape index (κ3) is 1.68. The Morgan fingerprint density at radius 3 is 3.33 bits per heavy atom. The number of pyridine rings is 1. The fourth-order valence-corrected chi connectivity index (χ4v) is 0.562. The molecule has 0 aromatic carbocycles. The maximum absolute atomic E-state index is 7.39. The molecule has 0 aliphatic carbocycles. The summed E-state index contributed by atoms with van der Waals surface area (Å²) in [7, 11) is 0. The third-order valence-corrected chi connectivity index (χ3v) is 1.08. The summed E-state index contributed by atoms with van der Waals surface area (Å²) in [6.45, 7) is -2.73. The second-order valence-corrected chi connectivity index (χ2v) is 1.92. The maximum atomic E-state index is 7.39. The van der Waals surface area contributed by atoms with Gasteiger partial charge in [-0.25, -0.2) is 0 Å². The van der Waals surface area contributed by atoms with Crippen LogP contribution < -0.4 is 0 Å². The fraction of sp³-hybridized carbons (Fsp3) is 0.286. The van der Waals surface area contributed by atoms with Gasteiger partial charge in [0, 0.05) is 18.7 Å². The van der Waals surface area contributed by atoms with Crippen LogP contribution in [0.2, 0.25) is 5.02 Å². The van der Waals surface area contributed by atoms with Crippen molar-refractivity contribution in [2.75, 3.05) is 0 Å². The van der Waals surface area contributed by atoms with Crippen LogP contribution in [0.15, 0.2) is 18.3 Å². The summed E-state index contributed by atoms with van der Waals surface area (Å²) in [5, 5.41) is 0.343. The third-order valence-electron chi connectivity index (χ3n) is 0.855. The first-order valence-electron chi connectivity index (χ1n) is 4.87. The molecule has 1 aromatic rings. The number of rotatable bonds is 1. The number of aryl methyl sites for hydroxylation is 1. The summed E-state index contributed by atoms with van der Waals surface area (Å²) < 4.78 is 35.8. The van der Waals surface area contributed by atoms with Crippen LogP contribution in [0.25, 0.3) is 0 Å². The minimum absolute atomic E-state index is 0.137. The van der Waals surface area contributed by atoms with E-state index in [0.29, 0.717) is 5.02 Å². The van der Waals surface area contributed by atoms with Crippen LogP contribution in [-0.4, -0.2) is 4.98 Å². The van der Waals surface area contributed by atoms with Crippen LogP contribution >= 0.6 is 11.6 Å². The molecule has 1 nitrogen and oxygen atoms in total. The van der Waals surface area contributed by atoms with E-state index >= 15 is 0 Å². The van der Waals surface area contributed by atoms with Crippen molar-refractivity contribution in [1.82, 2.24) is 4.98 Å². The molecule has 9 heavy (non-hydrogen) atoms. The molecule has 0 atom stereocenters. The van der Waals surface area contributed by atoms with Crippen molar-refractivity contribution >= 4 is 11.6 Å². The van der Waals surface area contributed by atoms with Crippen LogP contribution in [0.1, 0.15) is 19.4 Å². The van der Waals surface area contributed by atoms with Crippen molar-refractivity contribution in [2.24, 2.45) is 0 Å². The molecule has 0 fully saturated rings. The lowest BCUT2D eigenvalue weighted by Crippen LogP contribution is -1.82. The lowest BCUT2D eigenvalue weighted by molar-refractivity contribution is 1.04. The second-order valence-electron chi connectivity index (χ2n) is 1.49. The van der Waals surface area contributed by atoms with Gasteiger partial charge < -0.3 is 0 Å². The molecule has 0 aliphatic rings. The summed E-state index contributed by atoms with van der Waals surface area (Å²) >= 11 is 5.55. The van der Waals surface area contributed by atoms with Crippen molar-refractivity contribution in [3.63, 3.8) is 0 Å². The van der Waals surface area contributed by atoms with Gasteiger partial charge in [-0.2, -0.15) is 0 Å². The molecule has 0 saturated heterocycles. The van der Waals surface area contributed by atoms with Gasteiger partial charge in [0.1, 0.15) is 0 Å². The Bertz CT molecular complexity index is 318. The van der Waals surface area contributed by atoms with Gasteiger partial charge in [0.15, 0.2) is 0 Å². The van der Waals surface area contributed by atoms with Gasteiger partial charge in [0.05, 0.1) is 5.02 Å². The molecular formula is C7H8ClN. The van der Waals surface area contributed by atoms with Crippen LogP contribution in [0.3, 0.4) is 0 Å². The van der Waals surface area contributed by atoms with Crippen LogP contribution in [0, 0.1) is 0 Å². The lowest BCUT2D eigenvalue weighted by Gasteiger charge is -1.92. The molecule has 0 spiro atoms. The number of aromatic nitrogens is 1. The first-order valence-corrected chi connectivity index (χ1v) is 2.75. The van der Waals surface area contributed by atoms with Gasteiger partial charge in [0.25, 0.3) is 0 Å². The molecule has 2 heteroatoms. The Labute approximate surface area is 66.7 Å². The number of hydrogen-bond donors (Lipinski definition) is 0. The van der Waals surface area contributed by atoms with E-state index in [-0.39, 0.29) is 5.69 Å². The zero-order chi connectivity index (χ0) is 11.0. The molecule has 0 bridgehead atoms. The molecule has 0 saturated carbocycles. The summed E-state index contributed by atoms with van der Waals surface area (Å²) in [5.74, 6) is 0. The number of nitrogens with zero attached hydrogens (tertiary/aromatic N) is 1. The zero-order valence-electron chi connectivity index (χ0n) is 9.56. The summed E-state index contributed by atoms with van der Waals surface area (Å²) in [4.78, 5) is 3.65. The molecule has 1 rings (SSSR count). The van der Waals surface area contributed by atoms with E-state index in [9.17, 15) is 0 Å². The van der Waals surface area contributed by atoms with Crippen molar-refractivity contribution < 1.29 is 6.85 Å². The summed E-state index contributed by atoms with van der Waals surface area (Å²) in [6, 6.07) is 2.68. The monoisotopic (exact) mass is 146 g/mol. The highest BCUT2D eigenvalue weighted by atomic mass is 35.5. The molecule has 1 heterocycles. The first kappa shape index (κ1) is 2.59. The Morgan fingerprint density at radius 2 is 2.78 bits per heavy atom. The standard InChI is InChI=1S/C7H8ClN/c1-2-7-4-3-6(8)5-9-7/h3-5H,2H2,1H3/i1D3,2D2. The predicted octanol–water partition coefficient (Wildman–Crippen LogP) is 2.30. The SMILES string of the molecule is [2H]C([2H])([2H])C([2H])([2H])c1ccc(Cl)cn1. The van der Waals surface area contributed by atoms with Crippen molar-refractivity contribution in [1.29, 1.82) is 0 Å². The highest BCUT2D eigenvalue weighted by molar-refractivity contribution is 6.30. The Kier molecular flexibility index (Phi) is 0.814. The van der Waals surface area contributed by atoms with Gasteiger partial charge in [-0.05, 0) is 18.5 Å². The Balaban J connectivity index is 3.10. The van der Waals surface area contributed by atoms with E-state index in [2.05, 4.69) is 4.98 Å². The number of halogens is 1. The predicted molar refractivity (Wildman–Crippen MR) is 38.6 cm³/mol. The van der Waals surface area contributed by atoms with E-state index in [1.54, 1.807) is 0 Å². The van der Waals surface area contributed by atoms with E-state index in [1.807, 2.05) is 0 Å². The van der Waals surface area contributed by atoms with Gasteiger partial charge in [-0.15, -0.1) is 0 Å². The van der Waals surface area contributed by atoms with E-state index in [4.69, 9.17) is 18.5 Å². The zero-order valence-corrected chi connectivity index (χ0v) is 5.31. The van der Waals surface area contributed by atoms with Crippen molar-refractivity contribution in [3.8, 4) is 0 Å². The summed E-state index contributed by atoms with van der Waals surface area (Å²) in [5.41, 5.74) is -0.137. The summed E-state index contributed by atoms with van der Waals surface area (Å²) in [6.07, 6.45) is -1.22. The molecule has 0 radical (unpaired) electrons. The Morgan fingerprint density at radius 1 is 1.89 bits per heavy atom. The molecular weight excluding hydrogens is 134 g/mol. The quantitative estimate of drug-likeness (QED) is 0.593. The number of hydrogen-bond acceptors (Lipinski definition) is 1. The molecule has 0 amide bonds. The fourth-order valence-electron chi connectivity index (χ4n) is 0.450. The van der Waals surface area contributed by atoms with E-state index in [0.717, 1.165) is 0 Å². The van der Waals surface area contributed by atoms with E-state index in [1.165, 1.54) is 18.3 Å². The molecule has 0 aliphatic heterocycles. The topological polar surface area (TPSA) is 12.9 Å². The van der Waals surface area contributed by atoms with Crippen LogP contribution in [-0.2, 0) is 6.37 Å². The van der Waals surface area contributed by atoms with Gasteiger partial charge in [-0.3, -0.25) is 4.98 Å². The van der Waals surface area contributed by atoms with Gasteiger partial charge in [0.2, 0.25) is 0 Å². The van der Waals surface area contributed by atoms with Gasteiger partial charge >= 0.3 is 0 Å². The van der Waals surface area contributed by atoms with Gasteiger partial charge in [-0.1, -0.05) is 18.5 Å². The van der Waals surface area contributed by atoms with Crippen LogP contribution in [0.5, 0.6) is 0 Å². The van der Waals surface area contributed by atoms with E-state index < -0.39 is 13.2 Å². The lowest BCUT2D eigenvalue weighted by atomic mass is 10.3. The molecule has 0 N–H and O–H groups in total. The minimum atomic E-state index is -2.73. The highest BCUT2D eigenvalue weighted by Gasteiger charge is 1.87. The molecule has 48 valence electrons. The van der Waals surface area contributed by atoms with Crippen LogP contribution in [0.4, 0.5) is 0 Å². The highest BCUT2D eigenvalue weighted by Crippen LogP contribution is 2.05. The smallest absolute Gasteiger partial charge is 0.0589 e. The van der Waals surface area contributed by atoms with Crippen molar-refractivity contribution in [3.05, 3.63) is 29.0 Å². The minimum Gasteiger partial charge on any atom is -0.260 e. The molecule has 0 unspecified atom stereocenters.